The molecule has 0 fully saturated rings. The van der Waals surface area contributed by atoms with Gasteiger partial charge in [-0.05, 0) is 73.9 Å². The van der Waals surface area contributed by atoms with Gasteiger partial charge in [-0.2, -0.15) is 0 Å². The molecule has 0 radical (unpaired) electrons. The van der Waals surface area contributed by atoms with Crippen LogP contribution in [-0.2, 0) is 15.8 Å². The van der Waals surface area contributed by atoms with Crippen LogP contribution in [0, 0.1) is 13.8 Å². The Balaban J connectivity index is 1.70. The van der Waals surface area contributed by atoms with E-state index in [0.717, 1.165) is 11.3 Å². The predicted octanol–water partition coefficient (Wildman–Crippen LogP) is 5.88. The first-order chi connectivity index (χ1) is 17.2. The SMILES string of the molecule is COc1ccc(S(=O)(=O)NC(C)c2nnc(SCc3ccccc3C)n2-c2cc(Cl)ccc2C)cc1. The van der Waals surface area contributed by atoms with Gasteiger partial charge in [-0.25, -0.2) is 13.1 Å². The molecule has 4 aromatic rings. The van der Waals surface area contributed by atoms with Crippen LogP contribution in [0.15, 0.2) is 76.8 Å². The van der Waals surface area contributed by atoms with Gasteiger partial charge < -0.3 is 4.74 Å². The van der Waals surface area contributed by atoms with Crippen molar-refractivity contribution in [2.45, 2.75) is 42.6 Å². The van der Waals surface area contributed by atoms with Crippen molar-refractivity contribution >= 4 is 33.4 Å². The Hall–Kier alpha value is -2.85. The highest BCUT2D eigenvalue weighted by atomic mass is 35.5. The first-order valence-corrected chi connectivity index (χ1v) is 14.1. The molecule has 0 saturated carbocycles. The number of aryl methyl sites for hydroxylation is 2. The van der Waals surface area contributed by atoms with Crippen LogP contribution >= 0.6 is 23.4 Å². The van der Waals surface area contributed by atoms with E-state index in [1.54, 1.807) is 19.1 Å². The van der Waals surface area contributed by atoms with Crippen molar-refractivity contribution in [2.75, 3.05) is 7.11 Å². The van der Waals surface area contributed by atoms with E-state index in [0.29, 0.717) is 27.5 Å². The van der Waals surface area contributed by atoms with Gasteiger partial charge in [0.2, 0.25) is 10.0 Å². The second-order valence-electron chi connectivity index (χ2n) is 8.34. The summed E-state index contributed by atoms with van der Waals surface area (Å²) in [7, 11) is -2.29. The van der Waals surface area contributed by atoms with Crippen LogP contribution in [0.1, 0.15) is 35.5 Å². The number of thioether (sulfide) groups is 1. The van der Waals surface area contributed by atoms with Gasteiger partial charge in [-0.3, -0.25) is 4.57 Å². The minimum atomic E-state index is -3.82. The highest BCUT2D eigenvalue weighted by Crippen LogP contribution is 2.31. The van der Waals surface area contributed by atoms with Crippen molar-refractivity contribution in [2.24, 2.45) is 0 Å². The third-order valence-electron chi connectivity index (χ3n) is 5.78. The van der Waals surface area contributed by atoms with Crippen LogP contribution in [-0.4, -0.2) is 30.3 Å². The Kier molecular flexibility index (Phi) is 8.04. The van der Waals surface area contributed by atoms with Gasteiger partial charge >= 0.3 is 0 Å². The van der Waals surface area contributed by atoms with Crippen molar-refractivity contribution in [3.05, 3.63) is 94.3 Å². The van der Waals surface area contributed by atoms with E-state index in [9.17, 15) is 8.42 Å². The van der Waals surface area contributed by atoms with Gasteiger partial charge in [-0.1, -0.05) is 53.7 Å². The lowest BCUT2D eigenvalue weighted by Gasteiger charge is -2.18. The van der Waals surface area contributed by atoms with Crippen LogP contribution in [0.25, 0.3) is 5.69 Å². The Labute approximate surface area is 220 Å². The summed E-state index contributed by atoms with van der Waals surface area (Å²) in [4.78, 5) is 0.134. The summed E-state index contributed by atoms with van der Waals surface area (Å²) >= 11 is 7.88. The third kappa shape index (κ3) is 5.75. The number of hydrogen-bond acceptors (Lipinski definition) is 6. The van der Waals surface area contributed by atoms with E-state index in [1.807, 2.05) is 41.8 Å². The van der Waals surface area contributed by atoms with Crippen LogP contribution in [0.4, 0.5) is 0 Å². The minimum Gasteiger partial charge on any atom is -0.497 e. The van der Waals surface area contributed by atoms with Crippen LogP contribution in [0.5, 0.6) is 5.75 Å². The average molecular weight is 543 g/mol. The van der Waals surface area contributed by atoms with E-state index in [-0.39, 0.29) is 4.90 Å². The molecule has 0 saturated heterocycles. The van der Waals surface area contributed by atoms with E-state index in [4.69, 9.17) is 16.3 Å². The number of aromatic nitrogens is 3. The van der Waals surface area contributed by atoms with Crippen LogP contribution in [0.3, 0.4) is 0 Å². The zero-order chi connectivity index (χ0) is 25.9. The topological polar surface area (TPSA) is 86.1 Å². The Bertz CT molecular complexity index is 1470. The zero-order valence-corrected chi connectivity index (χ0v) is 22.8. The number of nitrogens with one attached hydrogen (secondary N) is 1. The first-order valence-electron chi connectivity index (χ1n) is 11.2. The van der Waals surface area contributed by atoms with Crippen LogP contribution < -0.4 is 9.46 Å². The summed E-state index contributed by atoms with van der Waals surface area (Å²) in [6.07, 6.45) is 0. The molecule has 1 N–H and O–H groups in total. The van der Waals surface area contributed by atoms with E-state index in [2.05, 4.69) is 34.0 Å². The monoisotopic (exact) mass is 542 g/mol. The lowest BCUT2D eigenvalue weighted by molar-refractivity contribution is 0.414. The molecule has 188 valence electrons. The maximum Gasteiger partial charge on any atom is 0.241 e. The molecular formula is C26H27ClN4O3S2. The van der Waals surface area contributed by atoms with Gasteiger partial charge in [-0.15, -0.1) is 10.2 Å². The van der Waals surface area contributed by atoms with Gasteiger partial charge in [0.15, 0.2) is 11.0 Å². The van der Waals surface area contributed by atoms with Gasteiger partial charge in [0.1, 0.15) is 5.75 Å². The lowest BCUT2D eigenvalue weighted by atomic mass is 10.1. The Morgan fingerprint density at radius 2 is 1.75 bits per heavy atom. The molecule has 0 aliphatic carbocycles. The zero-order valence-electron chi connectivity index (χ0n) is 20.4. The summed E-state index contributed by atoms with van der Waals surface area (Å²) in [5, 5.41) is 10.1. The second kappa shape index (κ2) is 11.0. The summed E-state index contributed by atoms with van der Waals surface area (Å²) in [6, 6.07) is 19.3. The molecule has 0 spiro atoms. The van der Waals surface area contributed by atoms with E-state index in [1.165, 1.54) is 42.1 Å². The summed E-state index contributed by atoms with van der Waals surface area (Å²) in [6.45, 7) is 5.79. The molecule has 0 bridgehead atoms. The van der Waals surface area contributed by atoms with Crippen molar-refractivity contribution in [1.29, 1.82) is 0 Å². The fourth-order valence-electron chi connectivity index (χ4n) is 3.73. The number of methoxy groups -OCH3 is 1. The number of benzene rings is 3. The molecule has 36 heavy (non-hydrogen) atoms. The maximum absolute atomic E-state index is 13.1. The molecule has 1 atom stereocenters. The number of halogens is 1. The minimum absolute atomic E-state index is 0.134. The molecule has 1 heterocycles. The average Bonchev–Trinajstić information content (AvgIpc) is 3.28. The third-order valence-corrected chi connectivity index (χ3v) is 8.55. The Morgan fingerprint density at radius 1 is 1.03 bits per heavy atom. The quantitative estimate of drug-likeness (QED) is 0.266. The van der Waals surface area contributed by atoms with Gasteiger partial charge in [0.25, 0.3) is 0 Å². The Morgan fingerprint density at radius 3 is 2.44 bits per heavy atom. The summed E-state index contributed by atoms with van der Waals surface area (Å²) < 4.78 is 36.0. The molecular weight excluding hydrogens is 516 g/mol. The molecule has 1 aromatic heterocycles. The molecule has 10 heteroatoms. The number of nitrogens with zero attached hydrogens (tertiary/aromatic N) is 3. The fourth-order valence-corrected chi connectivity index (χ4v) is 6.12. The van der Waals surface area contributed by atoms with Crippen LogP contribution in [0.2, 0.25) is 5.02 Å². The fraction of sp³-hybridized carbons (Fsp3) is 0.231. The number of sulfonamides is 1. The van der Waals surface area contributed by atoms with Crippen molar-refractivity contribution in [1.82, 2.24) is 19.5 Å². The highest BCUT2D eigenvalue weighted by molar-refractivity contribution is 7.98. The predicted molar refractivity (Wildman–Crippen MR) is 144 cm³/mol. The molecule has 3 aromatic carbocycles. The molecule has 1 unspecified atom stereocenters. The summed E-state index contributed by atoms with van der Waals surface area (Å²) in [5.41, 5.74) is 4.14. The molecule has 0 aliphatic heterocycles. The smallest absolute Gasteiger partial charge is 0.241 e. The van der Waals surface area contributed by atoms with E-state index < -0.39 is 16.1 Å². The van der Waals surface area contributed by atoms with Crippen molar-refractivity contribution < 1.29 is 13.2 Å². The van der Waals surface area contributed by atoms with E-state index >= 15 is 0 Å². The first kappa shape index (κ1) is 26.2. The molecule has 0 aliphatic rings. The largest absolute Gasteiger partial charge is 0.497 e. The van der Waals surface area contributed by atoms with Crippen molar-refractivity contribution in [3.8, 4) is 11.4 Å². The van der Waals surface area contributed by atoms with Crippen molar-refractivity contribution in [3.63, 3.8) is 0 Å². The van der Waals surface area contributed by atoms with Gasteiger partial charge in [0.05, 0.1) is 23.7 Å². The normalized spacial score (nSPS) is 12.5. The molecule has 0 amide bonds. The van der Waals surface area contributed by atoms with Gasteiger partial charge in [0, 0.05) is 10.8 Å². The number of hydrogen-bond donors (Lipinski definition) is 1. The highest BCUT2D eigenvalue weighted by Gasteiger charge is 2.25. The second-order valence-corrected chi connectivity index (χ2v) is 11.4. The maximum atomic E-state index is 13.1. The summed E-state index contributed by atoms with van der Waals surface area (Å²) in [5.74, 6) is 1.73. The number of rotatable bonds is 9. The number of ether oxygens (including phenoxy) is 1. The molecule has 7 nitrogen and oxygen atoms in total. The lowest BCUT2D eigenvalue weighted by Crippen LogP contribution is -2.29. The standard InChI is InChI=1S/C26H27ClN4O3S2/c1-17-7-5-6-8-20(17)16-35-26-29-28-25(31(26)24-15-21(27)10-9-18(24)2)19(3)30-36(32,33)23-13-11-22(34-4)12-14-23/h5-15,19,30H,16H2,1-4H3. The molecule has 4 rings (SSSR count).